The molecular formula is C28H31FN4O. The Morgan fingerprint density at radius 2 is 1.68 bits per heavy atom. The predicted octanol–water partition coefficient (Wildman–Crippen LogP) is 5.57. The van der Waals surface area contributed by atoms with Crippen LogP contribution in [0.1, 0.15) is 78.7 Å². The summed E-state index contributed by atoms with van der Waals surface area (Å²) in [7, 11) is 0. The Labute approximate surface area is 200 Å². The topological polar surface area (TPSA) is 58.1 Å². The SMILES string of the molecule is CC(NC(=O)c1cnc(N2CCCC2)nc1C1(c2ccccc2)CCCC1)c1ccc(F)cc1. The second-order valence-electron chi connectivity index (χ2n) is 9.53. The first kappa shape index (κ1) is 22.5. The van der Waals surface area contributed by atoms with E-state index in [0.717, 1.165) is 68.8 Å². The summed E-state index contributed by atoms with van der Waals surface area (Å²) < 4.78 is 13.4. The van der Waals surface area contributed by atoms with Gasteiger partial charge in [0.15, 0.2) is 0 Å². The Morgan fingerprint density at radius 3 is 2.35 bits per heavy atom. The lowest BCUT2D eigenvalue weighted by Crippen LogP contribution is -2.34. The maximum absolute atomic E-state index is 13.6. The van der Waals surface area contributed by atoms with Crippen molar-refractivity contribution in [2.75, 3.05) is 18.0 Å². The van der Waals surface area contributed by atoms with Gasteiger partial charge in [-0.05, 0) is 55.9 Å². The number of benzene rings is 2. The van der Waals surface area contributed by atoms with E-state index in [4.69, 9.17) is 4.98 Å². The number of hydrogen-bond acceptors (Lipinski definition) is 4. The molecule has 6 heteroatoms. The van der Waals surface area contributed by atoms with Crippen molar-refractivity contribution in [3.8, 4) is 0 Å². The third-order valence-corrected chi connectivity index (χ3v) is 7.36. The van der Waals surface area contributed by atoms with Gasteiger partial charge >= 0.3 is 0 Å². The van der Waals surface area contributed by atoms with E-state index >= 15 is 0 Å². The van der Waals surface area contributed by atoms with Gasteiger partial charge in [0.1, 0.15) is 5.82 Å². The maximum Gasteiger partial charge on any atom is 0.255 e. The number of hydrogen-bond donors (Lipinski definition) is 1. The van der Waals surface area contributed by atoms with Crippen LogP contribution >= 0.6 is 0 Å². The zero-order chi connectivity index (χ0) is 23.5. The van der Waals surface area contributed by atoms with Gasteiger partial charge in [0.05, 0.1) is 17.3 Å². The van der Waals surface area contributed by atoms with E-state index < -0.39 is 0 Å². The minimum absolute atomic E-state index is 0.193. The molecule has 34 heavy (non-hydrogen) atoms. The number of carbonyl (C=O) groups is 1. The molecule has 1 amide bonds. The summed E-state index contributed by atoms with van der Waals surface area (Å²) >= 11 is 0. The molecule has 1 unspecified atom stereocenters. The molecule has 1 N–H and O–H groups in total. The zero-order valence-corrected chi connectivity index (χ0v) is 19.6. The molecular weight excluding hydrogens is 427 g/mol. The van der Waals surface area contributed by atoms with Crippen molar-refractivity contribution >= 4 is 11.9 Å². The van der Waals surface area contributed by atoms with E-state index in [1.807, 2.05) is 13.0 Å². The fourth-order valence-corrected chi connectivity index (χ4v) is 5.48. The number of nitrogens with zero attached hydrogens (tertiary/aromatic N) is 3. The van der Waals surface area contributed by atoms with E-state index in [-0.39, 0.29) is 23.2 Å². The van der Waals surface area contributed by atoms with Gasteiger partial charge < -0.3 is 10.2 Å². The number of anilines is 1. The van der Waals surface area contributed by atoms with Crippen LogP contribution in [0.5, 0.6) is 0 Å². The molecule has 2 heterocycles. The van der Waals surface area contributed by atoms with Gasteiger partial charge in [0.25, 0.3) is 5.91 Å². The molecule has 2 aromatic carbocycles. The van der Waals surface area contributed by atoms with Crippen LogP contribution in [0.25, 0.3) is 0 Å². The molecule has 0 spiro atoms. The normalized spacial score (nSPS) is 18.1. The number of rotatable bonds is 6. The van der Waals surface area contributed by atoms with Crippen molar-refractivity contribution in [1.29, 1.82) is 0 Å². The third-order valence-electron chi connectivity index (χ3n) is 7.36. The molecule has 1 aliphatic heterocycles. The lowest BCUT2D eigenvalue weighted by Gasteiger charge is -2.32. The fraction of sp³-hybridized carbons (Fsp3) is 0.393. The van der Waals surface area contributed by atoms with Crippen molar-refractivity contribution < 1.29 is 9.18 Å². The Kier molecular flexibility index (Phi) is 6.31. The van der Waals surface area contributed by atoms with Gasteiger partial charge in [0, 0.05) is 24.7 Å². The number of nitrogens with one attached hydrogen (secondary N) is 1. The molecule has 1 saturated heterocycles. The molecule has 5 rings (SSSR count). The van der Waals surface area contributed by atoms with Crippen LogP contribution in [-0.4, -0.2) is 29.0 Å². The first-order chi connectivity index (χ1) is 16.6. The molecule has 1 saturated carbocycles. The van der Waals surface area contributed by atoms with Gasteiger partial charge in [-0.15, -0.1) is 0 Å². The van der Waals surface area contributed by atoms with E-state index in [2.05, 4.69) is 39.5 Å². The summed E-state index contributed by atoms with van der Waals surface area (Å²) in [6, 6.07) is 16.4. The van der Waals surface area contributed by atoms with E-state index in [1.54, 1.807) is 18.3 Å². The standard InChI is InChI=1S/C28H31FN4O/c1-20(21-11-13-23(29)14-12-21)31-26(34)24-19-30-27(33-17-7-8-18-33)32-25(24)28(15-5-6-16-28)22-9-3-2-4-10-22/h2-4,9-14,19-20H,5-8,15-18H2,1H3,(H,31,34). The smallest absolute Gasteiger partial charge is 0.255 e. The minimum atomic E-state index is -0.301. The lowest BCUT2D eigenvalue weighted by atomic mass is 9.74. The average molecular weight is 459 g/mol. The minimum Gasteiger partial charge on any atom is -0.345 e. The van der Waals surface area contributed by atoms with Crippen molar-refractivity contribution in [3.63, 3.8) is 0 Å². The number of carbonyl (C=O) groups excluding carboxylic acids is 1. The largest absolute Gasteiger partial charge is 0.345 e. The predicted molar refractivity (Wildman–Crippen MR) is 131 cm³/mol. The highest BCUT2D eigenvalue weighted by Crippen LogP contribution is 2.47. The third kappa shape index (κ3) is 4.29. The van der Waals surface area contributed by atoms with Crippen molar-refractivity contribution in [3.05, 3.63) is 89.0 Å². The van der Waals surface area contributed by atoms with Gasteiger partial charge in [0.2, 0.25) is 5.95 Å². The second-order valence-corrected chi connectivity index (χ2v) is 9.53. The number of halogens is 1. The van der Waals surface area contributed by atoms with Crippen LogP contribution in [-0.2, 0) is 5.41 Å². The van der Waals surface area contributed by atoms with Crippen LogP contribution in [0.15, 0.2) is 60.8 Å². The molecule has 1 atom stereocenters. The molecule has 176 valence electrons. The van der Waals surface area contributed by atoms with Crippen LogP contribution in [0.3, 0.4) is 0 Å². The molecule has 0 bridgehead atoms. The molecule has 5 nitrogen and oxygen atoms in total. The summed E-state index contributed by atoms with van der Waals surface area (Å²) in [5, 5.41) is 3.10. The van der Waals surface area contributed by atoms with Crippen LogP contribution in [0.4, 0.5) is 10.3 Å². The molecule has 2 aliphatic rings. The Hall–Kier alpha value is -3.28. The maximum atomic E-state index is 13.6. The molecule has 1 aromatic heterocycles. The number of aromatic nitrogens is 2. The van der Waals surface area contributed by atoms with E-state index in [0.29, 0.717) is 5.56 Å². The summed E-state index contributed by atoms with van der Waals surface area (Å²) in [6.07, 6.45) is 8.12. The highest BCUT2D eigenvalue weighted by molar-refractivity contribution is 5.96. The first-order valence-electron chi connectivity index (χ1n) is 12.3. The van der Waals surface area contributed by atoms with Crippen LogP contribution < -0.4 is 10.2 Å². The Balaban J connectivity index is 1.55. The Morgan fingerprint density at radius 1 is 1.00 bits per heavy atom. The van der Waals surface area contributed by atoms with Crippen molar-refractivity contribution in [2.24, 2.45) is 0 Å². The molecule has 0 radical (unpaired) electrons. The summed E-state index contributed by atoms with van der Waals surface area (Å²) in [5.74, 6) is 0.237. The second kappa shape index (κ2) is 9.53. The fourth-order valence-electron chi connectivity index (χ4n) is 5.48. The summed E-state index contributed by atoms with van der Waals surface area (Å²) in [5.41, 5.74) is 3.12. The van der Waals surface area contributed by atoms with Gasteiger partial charge in [-0.25, -0.2) is 14.4 Å². The average Bonchev–Trinajstić information content (AvgIpc) is 3.58. The van der Waals surface area contributed by atoms with Gasteiger partial charge in [-0.3, -0.25) is 4.79 Å². The van der Waals surface area contributed by atoms with E-state index in [1.165, 1.54) is 17.7 Å². The first-order valence-corrected chi connectivity index (χ1v) is 12.3. The lowest BCUT2D eigenvalue weighted by molar-refractivity contribution is 0.0936. The van der Waals surface area contributed by atoms with Crippen LogP contribution in [0.2, 0.25) is 0 Å². The quantitative estimate of drug-likeness (QED) is 0.525. The summed E-state index contributed by atoms with van der Waals surface area (Å²) in [6.45, 7) is 3.81. The van der Waals surface area contributed by atoms with Gasteiger partial charge in [-0.1, -0.05) is 55.3 Å². The Bertz CT molecular complexity index is 1140. The highest BCUT2D eigenvalue weighted by Gasteiger charge is 2.42. The molecule has 1 aliphatic carbocycles. The highest BCUT2D eigenvalue weighted by atomic mass is 19.1. The molecule has 2 fully saturated rings. The zero-order valence-electron chi connectivity index (χ0n) is 19.6. The monoisotopic (exact) mass is 458 g/mol. The van der Waals surface area contributed by atoms with Crippen molar-refractivity contribution in [1.82, 2.24) is 15.3 Å². The van der Waals surface area contributed by atoms with Crippen LogP contribution in [0, 0.1) is 5.82 Å². The van der Waals surface area contributed by atoms with Gasteiger partial charge in [-0.2, -0.15) is 0 Å². The summed E-state index contributed by atoms with van der Waals surface area (Å²) in [4.78, 5) is 25.6. The number of amides is 1. The molecule has 3 aromatic rings. The van der Waals surface area contributed by atoms with E-state index in [9.17, 15) is 9.18 Å². The van der Waals surface area contributed by atoms with Crippen molar-refractivity contribution in [2.45, 2.75) is 56.9 Å².